The molecular formula is C7H13NO2. The quantitative estimate of drug-likeness (QED) is 0.405. The average Bonchev–Trinajstić information content (AvgIpc) is 2.41. The zero-order valence-corrected chi connectivity index (χ0v) is 5.83. The number of rotatable bonds is 0. The van der Waals surface area contributed by atoms with Crippen LogP contribution in [0.15, 0.2) is 0 Å². The number of aliphatic hydroxyl groups is 2. The molecule has 0 aromatic carbocycles. The third-order valence-electron chi connectivity index (χ3n) is 2.77. The topological polar surface area (TPSA) is 52.5 Å². The lowest BCUT2D eigenvalue weighted by molar-refractivity contribution is 0.0221. The van der Waals surface area contributed by atoms with Gasteiger partial charge in [0.25, 0.3) is 0 Å². The second-order valence-corrected chi connectivity index (χ2v) is 3.38. The Hall–Kier alpha value is -0.120. The molecule has 0 bridgehead atoms. The van der Waals surface area contributed by atoms with Gasteiger partial charge < -0.3 is 15.5 Å². The van der Waals surface area contributed by atoms with Crippen molar-refractivity contribution >= 4 is 0 Å². The van der Waals surface area contributed by atoms with Crippen LogP contribution in [0.25, 0.3) is 0 Å². The maximum Gasteiger partial charge on any atom is 0.0842 e. The van der Waals surface area contributed by atoms with Crippen LogP contribution in [-0.2, 0) is 0 Å². The molecule has 0 aromatic heterocycles. The van der Waals surface area contributed by atoms with Crippen molar-refractivity contribution in [2.24, 2.45) is 11.8 Å². The van der Waals surface area contributed by atoms with Gasteiger partial charge in [-0.2, -0.15) is 0 Å². The highest BCUT2D eigenvalue weighted by Gasteiger charge is 2.43. The summed E-state index contributed by atoms with van der Waals surface area (Å²) in [6.45, 7) is 1.85. The normalized spacial score (nSPS) is 53.4. The molecular weight excluding hydrogens is 130 g/mol. The zero-order chi connectivity index (χ0) is 7.14. The monoisotopic (exact) mass is 143 g/mol. The maximum absolute atomic E-state index is 9.38. The number of aliphatic hydroxyl groups excluding tert-OH is 2. The minimum atomic E-state index is -0.472. The van der Waals surface area contributed by atoms with Gasteiger partial charge in [0.1, 0.15) is 0 Å². The first kappa shape index (κ1) is 6.58. The van der Waals surface area contributed by atoms with E-state index in [2.05, 4.69) is 5.32 Å². The van der Waals surface area contributed by atoms with Crippen molar-refractivity contribution in [2.75, 3.05) is 13.1 Å². The molecule has 0 aromatic rings. The van der Waals surface area contributed by atoms with Gasteiger partial charge in [0.05, 0.1) is 12.2 Å². The molecule has 58 valence electrons. The molecule has 2 rings (SSSR count). The predicted molar refractivity (Wildman–Crippen MR) is 36.5 cm³/mol. The molecule has 3 nitrogen and oxygen atoms in total. The highest BCUT2D eigenvalue weighted by molar-refractivity contribution is 4.96. The molecule has 1 saturated carbocycles. The summed E-state index contributed by atoms with van der Waals surface area (Å²) in [5.41, 5.74) is 0. The maximum atomic E-state index is 9.38. The van der Waals surface area contributed by atoms with Gasteiger partial charge in [-0.05, 0) is 18.9 Å². The minimum Gasteiger partial charge on any atom is -0.390 e. The van der Waals surface area contributed by atoms with Crippen LogP contribution in [0.3, 0.4) is 0 Å². The van der Waals surface area contributed by atoms with Gasteiger partial charge in [-0.1, -0.05) is 0 Å². The number of fused-ring (bicyclic) bond motifs is 1. The number of nitrogens with one attached hydrogen (secondary N) is 1. The van der Waals surface area contributed by atoms with E-state index in [1.54, 1.807) is 0 Å². The standard InChI is InChI=1S/C7H13NO2/c9-6-1-4-2-8-3-5(4)7(6)10/h4-10H,1-3H2/t4-,5+,6+,7-/m0/s1. The summed E-state index contributed by atoms with van der Waals surface area (Å²) in [7, 11) is 0. The van der Waals surface area contributed by atoms with Crippen LogP contribution in [0.5, 0.6) is 0 Å². The molecule has 2 fully saturated rings. The molecule has 3 N–H and O–H groups in total. The van der Waals surface area contributed by atoms with Crippen molar-refractivity contribution in [1.29, 1.82) is 0 Å². The molecule has 1 heterocycles. The fraction of sp³-hybridized carbons (Fsp3) is 1.00. The summed E-state index contributed by atoms with van der Waals surface area (Å²) >= 11 is 0. The molecule has 0 spiro atoms. The van der Waals surface area contributed by atoms with Crippen molar-refractivity contribution < 1.29 is 10.2 Å². The zero-order valence-electron chi connectivity index (χ0n) is 5.83. The second kappa shape index (κ2) is 2.19. The van der Waals surface area contributed by atoms with Gasteiger partial charge >= 0.3 is 0 Å². The highest BCUT2D eigenvalue weighted by atomic mass is 16.3. The van der Waals surface area contributed by atoms with Gasteiger partial charge in [-0.15, -0.1) is 0 Å². The molecule has 0 unspecified atom stereocenters. The lowest BCUT2D eigenvalue weighted by atomic mass is 9.99. The van der Waals surface area contributed by atoms with Crippen LogP contribution in [0.2, 0.25) is 0 Å². The average molecular weight is 143 g/mol. The Morgan fingerprint density at radius 2 is 2.00 bits per heavy atom. The Balaban J connectivity index is 2.09. The van der Waals surface area contributed by atoms with Crippen molar-refractivity contribution in [1.82, 2.24) is 5.32 Å². The summed E-state index contributed by atoms with van der Waals surface area (Å²) in [6.07, 6.45) is -0.157. The summed E-state index contributed by atoms with van der Waals surface area (Å²) in [5, 5.41) is 21.8. The highest BCUT2D eigenvalue weighted by Crippen LogP contribution is 2.34. The van der Waals surface area contributed by atoms with Crippen molar-refractivity contribution in [2.45, 2.75) is 18.6 Å². The first-order valence-corrected chi connectivity index (χ1v) is 3.86. The summed E-state index contributed by atoms with van der Waals surface area (Å²) in [6, 6.07) is 0. The first-order chi connectivity index (χ1) is 4.79. The minimum absolute atomic E-state index is 0.315. The van der Waals surface area contributed by atoms with Crippen LogP contribution in [0.4, 0.5) is 0 Å². The molecule has 3 heteroatoms. The predicted octanol–water partition coefficient (Wildman–Crippen LogP) is -1.05. The third kappa shape index (κ3) is 0.779. The molecule has 0 radical (unpaired) electrons. The molecule has 4 atom stereocenters. The fourth-order valence-corrected chi connectivity index (χ4v) is 2.15. The molecule has 1 aliphatic carbocycles. The van der Waals surface area contributed by atoms with Crippen molar-refractivity contribution in [3.05, 3.63) is 0 Å². The van der Waals surface area contributed by atoms with E-state index in [9.17, 15) is 10.2 Å². The van der Waals surface area contributed by atoms with E-state index < -0.39 is 12.2 Å². The molecule has 0 amide bonds. The van der Waals surface area contributed by atoms with Crippen LogP contribution in [0, 0.1) is 11.8 Å². The molecule has 10 heavy (non-hydrogen) atoms. The Morgan fingerprint density at radius 3 is 2.70 bits per heavy atom. The van der Waals surface area contributed by atoms with Gasteiger partial charge in [0, 0.05) is 12.5 Å². The molecule has 1 saturated heterocycles. The van der Waals surface area contributed by atoms with E-state index in [1.165, 1.54) is 0 Å². The first-order valence-electron chi connectivity index (χ1n) is 3.86. The number of hydrogen-bond acceptors (Lipinski definition) is 3. The van der Waals surface area contributed by atoms with E-state index in [0.29, 0.717) is 11.8 Å². The van der Waals surface area contributed by atoms with E-state index in [1.807, 2.05) is 0 Å². The Bertz CT molecular complexity index is 138. The van der Waals surface area contributed by atoms with E-state index in [-0.39, 0.29) is 0 Å². The summed E-state index contributed by atoms with van der Waals surface area (Å²) < 4.78 is 0. The lowest BCUT2D eigenvalue weighted by Gasteiger charge is -2.12. The van der Waals surface area contributed by atoms with Crippen LogP contribution < -0.4 is 5.32 Å². The summed E-state index contributed by atoms with van der Waals surface area (Å²) in [4.78, 5) is 0. The SMILES string of the molecule is O[C@H]1[C@@H]2CNC[C@@H]2C[C@H]1O. The van der Waals surface area contributed by atoms with Crippen LogP contribution in [0.1, 0.15) is 6.42 Å². The Kier molecular flexibility index (Phi) is 1.44. The van der Waals surface area contributed by atoms with Crippen LogP contribution in [-0.4, -0.2) is 35.5 Å². The second-order valence-electron chi connectivity index (χ2n) is 3.38. The van der Waals surface area contributed by atoms with Gasteiger partial charge in [0.15, 0.2) is 0 Å². The van der Waals surface area contributed by atoms with E-state index in [0.717, 1.165) is 19.5 Å². The van der Waals surface area contributed by atoms with E-state index in [4.69, 9.17) is 0 Å². The summed E-state index contributed by atoms with van der Waals surface area (Å²) in [5.74, 6) is 0.833. The molecule has 1 aliphatic heterocycles. The van der Waals surface area contributed by atoms with Crippen molar-refractivity contribution in [3.63, 3.8) is 0 Å². The Morgan fingerprint density at radius 1 is 1.20 bits per heavy atom. The van der Waals surface area contributed by atoms with Gasteiger partial charge in [0.2, 0.25) is 0 Å². The third-order valence-corrected chi connectivity index (χ3v) is 2.77. The van der Waals surface area contributed by atoms with Crippen molar-refractivity contribution in [3.8, 4) is 0 Å². The number of hydrogen-bond donors (Lipinski definition) is 3. The van der Waals surface area contributed by atoms with Gasteiger partial charge in [-0.25, -0.2) is 0 Å². The Labute approximate surface area is 60.1 Å². The van der Waals surface area contributed by atoms with E-state index >= 15 is 0 Å². The lowest BCUT2D eigenvalue weighted by Crippen LogP contribution is -2.28. The van der Waals surface area contributed by atoms with Gasteiger partial charge in [-0.3, -0.25) is 0 Å². The fourth-order valence-electron chi connectivity index (χ4n) is 2.15. The largest absolute Gasteiger partial charge is 0.390 e. The van der Waals surface area contributed by atoms with Crippen LogP contribution >= 0.6 is 0 Å². The smallest absolute Gasteiger partial charge is 0.0842 e. The molecule has 2 aliphatic rings.